The van der Waals surface area contributed by atoms with Gasteiger partial charge >= 0.3 is 10.1 Å². The smallest absolute Gasteiger partial charge is 0.339 e. The van der Waals surface area contributed by atoms with E-state index in [1.807, 2.05) is 0 Å². The van der Waals surface area contributed by atoms with E-state index >= 15 is 0 Å². The lowest BCUT2D eigenvalue weighted by Crippen LogP contribution is -2.27. The lowest BCUT2D eigenvalue weighted by atomic mass is 10.1. The summed E-state index contributed by atoms with van der Waals surface area (Å²) < 4.78 is 45.2. The van der Waals surface area contributed by atoms with Crippen LogP contribution in [0, 0.1) is 5.82 Å². The molecule has 0 spiro atoms. The minimum absolute atomic E-state index is 0.0112. The molecule has 6 nitrogen and oxygen atoms in total. The molecule has 3 aromatic rings. The average molecular weight is 548 g/mol. The molecule has 4 rings (SSSR count). The monoisotopic (exact) mass is 547 g/mol. The van der Waals surface area contributed by atoms with Crippen molar-refractivity contribution in [2.45, 2.75) is 11.4 Å². The van der Waals surface area contributed by atoms with Crippen molar-refractivity contribution in [2.24, 2.45) is 0 Å². The van der Waals surface area contributed by atoms with Crippen molar-refractivity contribution in [1.29, 1.82) is 0 Å². The third-order valence-corrected chi connectivity index (χ3v) is 7.30. The first-order valence-corrected chi connectivity index (χ1v) is 12.5. The number of nitrogens with zero attached hydrogens (tertiary/aromatic N) is 1. The first-order valence-electron chi connectivity index (χ1n) is 9.52. The van der Waals surface area contributed by atoms with Gasteiger partial charge in [-0.25, -0.2) is 4.39 Å². The SMILES string of the molecule is O=C1S/C(=C\c2cc(Br)ccc2OS(=O)(=O)c2ccccc2)C(=O)N1Cc1ccccc1F. The van der Waals surface area contributed by atoms with Gasteiger partial charge in [-0.15, -0.1) is 0 Å². The molecule has 1 aliphatic heterocycles. The van der Waals surface area contributed by atoms with Crippen molar-refractivity contribution in [3.05, 3.63) is 99.1 Å². The summed E-state index contributed by atoms with van der Waals surface area (Å²) in [6.07, 6.45) is 1.38. The van der Waals surface area contributed by atoms with E-state index in [1.54, 1.807) is 36.4 Å². The molecule has 0 bridgehead atoms. The molecule has 0 radical (unpaired) electrons. The van der Waals surface area contributed by atoms with Gasteiger partial charge < -0.3 is 4.18 Å². The van der Waals surface area contributed by atoms with Gasteiger partial charge in [-0.3, -0.25) is 14.5 Å². The largest absolute Gasteiger partial charge is 0.378 e. The maximum atomic E-state index is 14.0. The van der Waals surface area contributed by atoms with Crippen molar-refractivity contribution in [1.82, 2.24) is 4.90 Å². The molecule has 0 atom stereocenters. The Hall–Kier alpha value is -2.95. The second-order valence-electron chi connectivity index (χ2n) is 6.89. The number of hydrogen-bond donors (Lipinski definition) is 0. The quantitative estimate of drug-likeness (QED) is 0.295. The fourth-order valence-electron chi connectivity index (χ4n) is 3.04. The molecule has 1 saturated heterocycles. The van der Waals surface area contributed by atoms with E-state index in [-0.39, 0.29) is 33.2 Å². The number of amides is 2. The first kappa shape index (κ1) is 23.2. The second-order valence-corrected chi connectivity index (χ2v) is 10.3. The Labute approximate surface area is 202 Å². The van der Waals surface area contributed by atoms with Gasteiger partial charge in [0.1, 0.15) is 16.5 Å². The molecular weight excluding hydrogens is 533 g/mol. The van der Waals surface area contributed by atoms with Crippen molar-refractivity contribution < 1.29 is 26.6 Å². The van der Waals surface area contributed by atoms with Crippen molar-refractivity contribution in [2.75, 3.05) is 0 Å². The first-order chi connectivity index (χ1) is 15.7. The van der Waals surface area contributed by atoms with Gasteiger partial charge in [-0.1, -0.05) is 52.3 Å². The van der Waals surface area contributed by atoms with Crippen LogP contribution in [-0.4, -0.2) is 24.5 Å². The molecule has 3 aromatic carbocycles. The molecule has 0 saturated carbocycles. The van der Waals surface area contributed by atoms with Gasteiger partial charge in [0.05, 0.1) is 11.4 Å². The Morgan fingerprint density at radius 3 is 2.42 bits per heavy atom. The number of carbonyl (C=O) groups is 2. The van der Waals surface area contributed by atoms with Crippen LogP contribution < -0.4 is 4.18 Å². The van der Waals surface area contributed by atoms with Crippen LogP contribution in [0.15, 0.2) is 87.1 Å². The zero-order chi connectivity index (χ0) is 23.6. The van der Waals surface area contributed by atoms with E-state index in [1.165, 1.54) is 42.5 Å². The minimum Gasteiger partial charge on any atom is -0.378 e. The van der Waals surface area contributed by atoms with Crippen LogP contribution in [-0.2, 0) is 21.5 Å². The Kier molecular flexibility index (Phi) is 6.68. The summed E-state index contributed by atoms with van der Waals surface area (Å²) in [6.45, 7) is -0.209. The molecule has 1 heterocycles. The predicted molar refractivity (Wildman–Crippen MR) is 126 cm³/mol. The highest BCUT2D eigenvalue weighted by Gasteiger charge is 2.35. The molecule has 168 valence electrons. The molecule has 33 heavy (non-hydrogen) atoms. The van der Waals surface area contributed by atoms with Crippen LogP contribution in [0.3, 0.4) is 0 Å². The Balaban J connectivity index is 1.64. The van der Waals surface area contributed by atoms with Crippen LogP contribution in [0.5, 0.6) is 5.75 Å². The summed E-state index contributed by atoms with van der Waals surface area (Å²) in [6, 6.07) is 18.1. The number of rotatable bonds is 6. The summed E-state index contributed by atoms with van der Waals surface area (Å²) in [5.74, 6) is -1.14. The highest BCUT2D eigenvalue weighted by molar-refractivity contribution is 9.10. The van der Waals surface area contributed by atoms with Gasteiger partial charge in [0.15, 0.2) is 0 Å². The third kappa shape index (κ3) is 5.18. The molecule has 2 amide bonds. The third-order valence-electron chi connectivity index (χ3n) is 4.65. The van der Waals surface area contributed by atoms with Gasteiger partial charge in [0.2, 0.25) is 0 Å². The fourth-order valence-corrected chi connectivity index (χ4v) is 5.22. The van der Waals surface area contributed by atoms with E-state index in [4.69, 9.17) is 4.18 Å². The van der Waals surface area contributed by atoms with Gasteiger partial charge in [0, 0.05) is 15.6 Å². The number of benzene rings is 3. The Morgan fingerprint density at radius 2 is 1.70 bits per heavy atom. The topological polar surface area (TPSA) is 80.8 Å². The average Bonchev–Trinajstić information content (AvgIpc) is 3.05. The van der Waals surface area contributed by atoms with E-state index in [2.05, 4.69) is 15.9 Å². The number of halogens is 2. The van der Waals surface area contributed by atoms with Crippen LogP contribution >= 0.6 is 27.7 Å². The summed E-state index contributed by atoms with van der Waals surface area (Å²) >= 11 is 4.00. The Bertz CT molecular complexity index is 1380. The normalized spacial score (nSPS) is 15.3. The second kappa shape index (κ2) is 9.50. The number of carbonyl (C=O) groups excluding carboxylic acids is 2. The maximum absolute atomic E-state index is 14.0. The van der Waals surface area contributed by atoms with E-state index in [0.717, 1.165) is 4.90 Å². The van der Waals surface area contributed by atoms with Crippen molar-refractivity contribution in [3.8, 4) is 5.75 Å². The zero-order valence-corrected chi connectivity index (χ0v) is 20.0. The predicted octanol–water partition coefficient (Wildman–Crippen LogP) is 5.59. The summed E-state index contributed by atoms with van der Waals surface area (Å²) in [4.78, 5) is 26.3. The lowest BCUT2D eigenvalue weighted by Gasteiger charge is -2.13. The van der Waals surface area contributed by atoms with Gasteiger partial charge in [-0.05, 0) is 54.2 Å². The summed E-state index contributed by atoms with van der Waals surface area (Å²) in [5, 5.41) is -0.552. The standard InChI is InChI=1S/C23H15BrFNO5S2/c24-17-10-11-20(31-33(29,30)18-7-2-1-3-8-18)16(12-17)13-21-22(27)26(23(28)32-21)14-15-6-4-5-9-19(15)25/h1-13H,14H2/b21-13-. The lowest BCUT2D eigenvalue weighted by molar-refractivity contribution is -0.123. The highest BCUT2D eigenvalue weighted by atomic mass is 79.9. The number of hydrogen-bond acceptors (Lipinski definition) is 6. The zero-order valence-electron chi connectivity index (χ0n) is 16.8. The highest BCUT2D eigenvalue weighted by Crippen LogP contribution is 2.36. The summed E-state index contributed by atoms with van der Waals surface area (Å²) in [5.41, 5.74) is 0.488. The number of imide groups is 1. The molecule has 10 heteroatoms. The van der Waals surface area contributed by atoms with Crippen LogP contribution in [0.2, 0.25) is 0 Å². The van der Waals surface area contributed by atoms with Gasteiger partial charge in [-0.2, -0.15) is 8.42 Å². The van der Waals surface area contributed by atoms with Crippen molar-refractivity contribution >= 4 is 55.0 Å². The minimum atomic E-state index is -4.12. The Morgan fingerprint density at radius 1 is 1.00 bits per heavy atom. The fraction of sp³-hybridized carbons (Fsp3) is 0.0435. The molecule has 0 unspecified atom stereocenters. The molecule has 1 aliphatic rings. The number of thioether (sulfide) groups is 1. The maximum Gasteiger partial charge on any atom is 0.339 e. The summed E-state index contributed by atoms with van der Waals surface area (Å²) in [7, 11) is -4.12. The molecule has 0 aromatic heterocycles. The molecular formula is C23H15BrFNO5S2. The van der Waals surface area contributed by atoms with E-state index in [9.17, 15) is 22.4 Å². The van der Waals surface area contributed by atoms with E-state index in [0.29, 0.717) is 16.2 Å². The van der Waals surface area contributed by atoms with E-state index < -0.39 is 27.1 Å². The molecule has 0 aliphatic carbocycles. The van der Waals surface area contributed by atoms with Crippen molar-refractivity contribution in [3.63, 3.8) is 0 Å². The van der Waals surface area contributed by atoms with Crippen LogP contribution in [0.25, 0.3) is 6.08 Å². The van der Waals surface area contributed by atoms with Crippen LogP contribution in [0.4, 0.5) is 9.18 Å². The molecule has 1 fully saturated rings. The van der Waals surface area contributed by atoms with Crippen LogP contribution in [0.1, 0.15) is 11.1 Å². The van der Waals surface area contributed by atoms with Gasteiger partial charge in [0.25, 0.3) is 11.1 Å². The molecule has 0 N–H and O–H groups in total.